The zero-order valence-electron chi connectivity index (χ0n) is 16.6. The van der Waals surface area contributed by atoms with Crippen molar-refractivity contribution in [1.29, 1.82) is 0 Å². The molecule has 0 spiro atoms. The molecule has 31 heavy (non-hydrogen) atoms. The maximum atomic E-state index is 15.3. The van der Waals surface area contributed by atoms with Crippen LogP contribution in [0.25, 0.3) is 26.4 Å². The highest BCUT2D eigenvalue weighted by Gasteiger charge is 2.32. The zero-order chi connectivity index (χ0) is 21.7. The predicted octanol–water partition coefficient (Wildman–Crippen LogP) is 3.26. The Morgan fingerprint density at radius 2 is 2.06 bits per heavy atom. The molecule has 1 saturated carbocycles. The van der Waals surface area contributed by atoms with E-state index in [1.54, 1.807) is 12.3 Å². The van der Waals surface area contributed by atoms with E-state index in [9.17, 15) is 9.59 Å². The summed E-state index contributed by atoms with van der Waals surface area (Å²) in [6, 6.07) is 7.42. The fourth-order valence-corrected chi connectivity index (χ4v) is 5.04. The van der Waals surface area contributed by atoms with Crippen LogP contribution in [0.3, 0.4) is 0 Å². The van der Waals surface area contributed by atoms with E-state index in [1.807, 2.05) is 18.2 Å². The number of ether oxygens (including phenoxy) is 1. The van der Waals surface area contributed by atoms with E-state index in [4.69, 9.17) is 10.5 Å². The van der Waals surface area contributed by atoms with E-state index in [-0.39, 0.29) is 23.8 Å². The van der Waals surface area contributed by atoms with Crippen LogP contribution in [-0.2, 0) is 6.54 Å². The standard InChI is InChI=1S/C22H19FN4O3S/c1-30-20-18(16-7-6-15(31-16)12-3-2-8-25-14(12)9-24)13(23)10-27-19(20)17(11-4-5-11)21(28)26-22(27)29/h2-3,6-8,10-11H,4-5,9,24H2,1H3,(H,26,28,29). The molecule has 0 amide bonds. The average Bonchev–Trinajstić information content (AvgIpc) is 3.49. The zero-order valence-corrected chi connectivity index (χ0v) is 17.5. The third-order valence-corrected chi connectivity index (χ3v) is 6.63. The Morgan fingerprint density at radius 1 is 1.29 bits per heavy atom. The van der Waals surface area contributed by atoms with Crippen molar-refractivity contribution in [2.45, 2.75) is 25.3 Å². The lowest BCUT2D eigenvalue weighted by Crippen LogP contribution is -2.29. The molecule has 4 aromatic heterocycles. The second-order valence-electron chi connectivity index (χ2n) is 7.42. The first-order valence-electron chi connectivity index (χ1n) is 9.83. The van der Waals surface area contributed by atoms with Gasteiger partial charge in [0.15, 0.2) is 11.6 Å². The minimum Gasteiger partial charge on any atom is -0.494 e. The van der Waals surface area contributed by atoms with Gasteiger partial charge in [-0.1, -0.05) is 6.07 Å². The molecule has 7 nitrogen and oxygen atoms in total. The number of aromatic nitrogens is 3. The quantitative estimate of drug-likeness (QED) is 0.498. The van der Waals surface area contributed by atoms with Crippen LogP contribution in [0.2, 0.25) is 0 Å². The molecule has 1 fully saturated rings. The molecule has 4 aromatic rings. The van der Waals surface area contributed by atoms with Crippen LogP contribution in [0.1, 0.15) is 30.0 Å². The first kappa shape index (κ1) is 19.7. The SMILES string of the molecule is COc1c(-c2ccc(-c3cccnc3CN)s2)c(F)cn2c(=O)[nH]c(=O)c(C3CC3)c12. The number of H-pyrrole nitrogens is 1. The highest BCUT2D eigenvalue weighted by atomic mass is 32.1. The van der Waals surface area contributed by atoms with Gasteiger partial charge in [0.2, 0.25) is 0 Å². The van der Waals surface area contributed by atoms with Crippen molar-refractivity contribution in [3.63, 3.8) is 0 Å². The minimum absolute atomic E-state index is 0.0352. The predicted molar refractivity (Wildman–Crippen MR) is 117 cm³/mol. The van der Waals surface area contributed by atoms with Gasteiger partial charge in [-0.05, 0) is 37.0 Å². The molecule has 0 saturated heterocycles. The van der Waals surface area contributed by atoms with Crippen molar-refractivity contribution in [2.75, 3.05) is 7.11 Å². The smallest absolute Gasteiger partial charge is 0.333 e. The summed E-state index contributed by atoms with van der Waals surface area (Å²) in [6.07, 6.45) is 4.49. The molecule has 3 N–H and O–H groups in total. The molecule has 158 valence electrons. The Kier molecular flexibility index (Phi) is 4.71. The molecule has 1 aliphatic rings. The van der Waals surface area contributed by atoms with E-state index in [0.717, 1.165) is 39.6 Å². The highest BCUT2D eigenvalue weighted by Crippen LogP contribution is 2.46. The lowest BCUT2D eigenvalue weighted by atomic mass is 10.1. The van der Waals surface area contributed by atoms with Crippen LogP contribution >= 0.6 is 11.3 Å². The summed E-state index contributed by atoms with van der Waals surface area (Å²) < 4.78 is 22.0. The van der Waals surface area contributed by atoms with Crippen LogP contribution < -0.4 is 21.7 Å². The van der Waals surface area contributed by atoms with E-state index < -0.39 is 17.1 Å². The number of nitrogens with zero attached hydrogens (tertiary/aromatic N) is 2. The fourth-order valence-electron chi connectivity index (χ4n) is 3.94. The monoisotopic (exact) mass is 438 g/mol. The molecule has 0 bridgehead atoms. The van der Waals surface area contributed by atoms with Crippen molar-refractivity contribution in [3.05, 3.63) is 74.6 Å². The summed E-state index contributed by atoms with van der Waals surface area (Å²) in [7, 11) is 1.42. The lowest BCUT2D eigenvalue weighted by Gasteiger charge is -2.15. The van der Waals surface area contributed by atoms with Crippen molar-refractivity contribution in [2.24, 2.45) is 5.73 Å². The number of methoxy groups -OCH3 is 1. The van der Waals surface area contributed by atoms with Crippen molar-refractivity contribution in [1.82, 2.24) is 14.4 Å². The average molecular weight is 438 g/mol. The van der Waals surface area contributed by atoms with Gasteiger partial charge in [0.25, 0.3) is 5.56 Å². The van der Waals surface area contributed by atoms with Gasteiger partial charge in [-0.25, -0.2) is 9.18 Å². The van der Waals surface area contributed by atoms with Crippen LogP contribution in [-0.4, -0.2) is 21.5 Å². The largest absolute Gasteiger partial charge is 0.494 e. The van der Waals surface area contributed by atoms with Gasteiger partial charge in [0, 0.05) is 33.6 Å². The number of hydrogen-bond acceptors (Lipinski definition) is 6. The van der Waals surface area contributed by atoms with Crippen LogP contribution in [0.5, 0.6) is 5.75 Å². The number of aromatic amines is 1. The molecule has 1 aliphatic carbocycles. The Labute approximate surface area is 180 Å². The molecular formula is C22H19FN4O3S. The number of fused-ring (bicyclic) bond motifs is 1. The molecule has 0 aromatic carbocycles. The van der Waals surface area contributed by atoms with Gasteiger partial charge in [-0.2, -0.15) is 0 Å². The number of pyridine rings is 2. The molecule has 9 heteroatoms. The number of nitrogens with two attached hydrogens (primary N) is 1. The fraction of sp³-hybridized carbons (Fsp3) is 0.227. The van der Waals surface area contributed by atoms with Gasteiger partial charge in [0.05, 0.1) is 24.6 Å². The Bertz CT molecular complexity index is 1440. The van der Waals surface area contributed by atoms with E-state index in [0.29, 0.717) is 16.0 Å². The van der Waals surface area contributed by atoms with E-state index in [2.05, 4.69) is 9.97 Å². The molecule has 0 unspecified atom stereocenters. The number of hydrogen-bond donors (Lipinski definition) is 2. The summed E-state index contributed by atoms with van der Waals surface area (Å²) >= 11 is 1.37. The topological polar surface area (TPSA) is 102 Å². The maximum absolute atomic E-state index is 15.3. The van der Waals surface area contributed by atoms with Crippen molar-refractivity contribution >= 4 is 16.9 Å². The number of rotatable bonds is 5. The van der Waals surface area contributed by atoms with Crippen molar-refractivity contribution in [3.8, 4) is 26.6 Å². The summed E-state index contributed by atoms with van der Waals surface area (Å²) in [4.78, 5) is 33.1. The summed E-state index contributed by atoms with van der Waals surface area (Å²) in [5, 5.41) is 0. The van der Waals surface area contributed by atoms with Crippen LogP contribution in [0.4, 0.5) is 4.39 Å². The summed E-state index contributed by atoms with van der Waals surface area (Å²) in [5.74, 6) is -0.393. The lowest BCUT2D eigenvalue weighted by molar-refractivity contribution is 0.415. The second kappa shape index (κ2) is 7.44. The number of thiophene rings is 1. The van der Waals surface area contributed by atoms with Gasteiger partial charge in [-0.15, -0.1) is 11.3 Å². The van der Waals surface area contributed by atoms with Gasteiger partial charge >= 0.3 is 5.69 Å². The number of nitrogens with one attached hydrogen (secondary N) is 1. The molecule has 5 rings (SSSR count). The highest BCUT2D eigenvalue weighted by molar-refractivity contribution is 7.18. The Balaban J connectivity index is 1.78. The molecule has 0 atom stereocenters. The number of halogens is 1. The molecule has 0 radical (unpaired) electrons. The summed E-state index contributed by atoms with van der Waals surface area (Å²) in [5.41, 5.74) is 7.32. The normalized spacial score (nSPS) is 13.6. The minimum atomic E-state index is -0.692. The van der Waals surface area contributed by atoms with E-state index >= 15 is 4.39 Å². The van der Waals surface area contributed by atoms with Gasteiger partial charge in [0.1, 0.15) is 5.52 Å². The molecule has 4 heterocycles. The van der Waals surface area contributed by atoms with Gasteiger partial charge in [-0.3, -0.25) is 19.2 Å². The first-order chi connectivity index (χ1) is 15.0. The molecular weight excluding hydrogens is 419 g/mol. The maximum Gasteiger partial charge on any atom is 0.333 e. The Hall–Kier alpha value is -3.30. The first-order valence-corrected chi connectivity index (χ1v) is 10.6. The van der Waals surface area contributed by atoms with E-state index in [1.165, 1.54) is 18.4 Å². The van der Waals surface area contributed by atoms with Gasteiger partial charge < -0.3 is 10.5 Å². The third kappa shape index (κ3) is 3.17. The third-order valence-electron chi connectivity index (χ3n) is 5.49. The van der Waals surface area contributed by atoms with Crippen molar-refractivity contribution < 1.29 is 9.13 Å². The summed E-state index contributed by atoms with van der Waals surface area (Å²) in [6.45, 7) is 0.285. The van der Waals surface area contributed by atoms with Crippen LogP contribution in [0, 0.1) is 5.82 Å². The van der Waals surface area contributed by atoms with Crippen LogP contribution in [0.15, 0.2) is 46.2 Å². The Morgan fingerprint density at radius 3 is 2.77 bits per heavy atom. The molecule has 0 aliphatic heterocycles. The second-order valence-corrected chi connectivity index (χ2v) is 8.50.